The molecule has 0 unspecified atom stereocenters. The summed E-state index contributed by atoms with van der Waals surface area (Å²) in [6.07, 6.45) is 3.87. The van der Waals surface area contributed by atoms with E-state index in [4.69, 9.17) is 21.3 Å². The first-order valence-electron chi connectivity index (χ1n) is 11.9. The number of benzene rings is 1. The zero-order valence-electron chi connectivity index (χ0n) is 20.9. The second-order valence-corrected chi connectivity index (χ2v) is 10.5. The van der Waals surface area contributed by atoms with Gasteiger partial charge in [0.05, 0.1) is 22.1 Å². The van der Waals surface area contributed by atoms with Crippen molar-refractivity contribution in [2.45, 2.75) is 65.5 Å². The lowest BCUT2D eigenvalue weighted by Gasteiger charge is -2.29. The Kier molecular flexibility index (Phi) is 7.03. The lowest BCUT2D eigenvalue weighted by molar-refractivity contribution is 0.0238. The molecule has 1 fully saturated rings. The summed E-state index contributed by atoms with van der Waals surface area (Å²) in [5.74, 6) is 0.125. The Morgan fingerprint density at radius 2 is 1.94 bits per heavy atom. The van der Waals surface area contributed by atoms with Gasteiger partial charge in [0.1, 0.15) is 5.60 Å². The minimum absolute atomic E-state index is 0.135. The number of nitrogens with zero attached hydrogens (tertiary/aromatic N) is 4. The monoisotopic (exact) mass is 497 g/mol. The molecule has 3 aromatic rings. The Hall–Kier alpha value is -3.13. The first-order valence-corrected chi connectivity index (χ1v) is 12.3. The molecule has 4 rings (SSSR count). The molecule has 0 radical (unpaired) electrons. The molecule has 1 N–H and O–H groups in total. The van der Waals surface area contributed by atoms with Crippen LogP contribution in [0.25, 0.3) is 11.0 Å². The number of likely N-dealkylation sites (tertiary alicyclic amines) is 1. The van der Waals surface area contributed by atoms with Crippen LogP contribution >= 0.6 is 11.6 Å². The highest BCUT2D eigenvalue weighted by Crippen LogP contribution is 2.35. The third-order valence-electron chi connectivity index (χ3n) is 6.03. The van der Waals surface area contributed by atoms with Gasteiger partial charge in [-0.15, -0.1) is 0 Å². The first-order chi connectivity index (χ1) is 16.5. The Morgan fingerprint density at radius 1 is 1.17 bits per heavy atom. The van der Waals surface area contributed by atoms with E-state index in [0.717, 1.165) is 36.0 Å². The van der Waals surface area contributed by atoms with Crippen LogP contribution in [0.5, 0.6) is 0 Å². The van der Waals surface area contributed by atoms with Gasteiger partial charge in [-0.25, -0.2) is 9.78 Å². The van der Waals surface area contributed by atoms with E-state index in [2.05, 4.69) is 10.3 Å². The number of fused-ring (bicyclic) bond motifs is 1. The maximum absolute atomic E-state index is 13.1. The standard InChI is InChI=1S/C26H32ClN5O3/c1-16-9-10-20-22(21(16)27)32(24(29-20)30-23(33)18-11-12-28-17(2)14-18)19-8-6-7-13-31(15-19)25(34)35-26(3,4)5/h9-12,14,19H,6-8,13,15H2,1-5H3,(H,29,30,33)/t19-/m1/s1. The predicted octanol–water partition coefficient (Wildman–Crippen LogP) is 5.92. The number of anilines is 1. The molecular weight excluding hydrogens is 466 g/mol. The first kappa shape index (κ1) is 25.0. The van der Waals surface area contributed by atoms with Crippen LogP contribution in [0.15, 0.2) is 30.5 Å². The molecular formula is C26H32ClN5O3. The lowest BCUT2D eigenvalue weighted by Crippen LogP contribution is -2.39. The van der Waals surface area contributed by atoms with Crippen molar-refractivity contribution >= 4 is 40.6 Å². The van der Waals surface area contributed by atoms with Crippen LogP contribution in [0, 0.1) is 13.8 Å². The van der Waals surface area contributed by atoms with Gasteiger partial charge in [0.15, 0.2) is 0 Å². The van der Waals surface area contributed by atoms with Gasteiger partial charge < -0.3 is 14.2 Å². The number of pyridine rings is 1. The van der Waals surface area contributed by atoms with Gasteiger partial charge in [-0.2, -0.15) is 0 Å². The molecule has 0 bridgehead atoms. The quantitative estimate of drug-likeness (QED) is 0.485. The molecule has 3 heterocycles. The number of rotatable bonds is 3. The van der Waals surface area contributed by atoms with E-state index in [1.54, 1.807) is 23.2 Å². The number of aromatic nitrogens is 3. The third kappa shape index (κ3) is 5.59. The number of aryl methyl sites for hydroxylation is 2. The summed E-state index contributed by atoms with van der Waals surface area (Å²) in [6.45, 7) is 10.4. The van der Waals surface area contributed by atoms with E-state index in [1.807, 2.05) is 51.3 Å². The van der Waals surface area contributed by atoms with Crippen LogP contribution in [0.2, 0.25) is 5.02 Å². The van der Waals surface area contributed by atoms with Crippen molar-refractivity contribution in [1.29, 1.82) is 0 Å². The SMILES string of the molecule is Cc1cc(C(=O)Nc2nc3ccc(C)c(Cl)c3n2[C@@H]2CCCCN(C(=O)OC(C)(C)C)C2)ccn1. The summed E-state index contributed by atoms with van der Waals surface area (Å²) >= 11 is 6.78. The van der Waals surface area contributed by atoms with Gasteiger partial charge in [0.2, 0.25) is 5.95 Å². The molecule has 0 saturated carbocycles. The Bertz CT molecular complexity index is 1260. The minimum atomic E-state index is -0.581. The molecule has 8 nitrogen and oxygen atoms in total. The molecule has 35 heavy (non-hydrogen) atoms. The van der Waals surface area contributed by atoms with Crippen LogP contribution in [0.1, 0.15) is 67.7 Å². The lowest BCUT2D eigenvalue weighted by atomic mass is 10.1. The van der Waals surface area contributed by atoms with Gasteiger partial charge in [0, 0.05) is 30.5 Å². The molecule has 186 valence electrons. The number of carbonyl (C=O) groups excluding carboxylic acids is 2. The van der Waals surface area contributed by atoms with Crippen molar-refractivity contribution in [1.82, 2.24) is 19.4 Å². The summed E-state index contributed by atoms with van der Waals surface area (Å²) in [5, 5.41) is 3.57. The van der Waals surface area contributed by atoms with Gasteiger partial charge >= 0.3 is 6.09 Å². The maximum Gasteiger partial charge on any atom is 0.410 e. The van der Waals surface area contributed by atoms with Crippen molar-refractivity contribution in [3.63, 3.8) is 0 Å². The number of nitrogens with one attached hydrogen (secondary N) is 1. The number of imidazole rings is 1. The molecule has 1 aliphatic heterocycles. The summed E-state index contributed by atoms with van der Waals surface area (Å²) < 4.78 is 7.64. The second-order valence-electron chi connectivity index (χ2n) is 10.1. The third-order valence-corrected chi connectivity index (χ3v) is 6.51. The molecule has 2 amide bonds. The fraction of sp³-hybridized carbons (Fsp3) is 0.462. The largest absolute Gasteiger partial charge is 0.444 e. The number of halogens is 1. The van der Waals surface area contributed by atoms with E-state index in [9.17, 15) is 9.59 Å². The molecule has 1 aromatic carbocycles. The van der Waals surface area contributed by atoms with Crippen molar-refractivity contribution in [2.24, 2.45) is 0 Å². The summed E-state index contributed by atoms with van der Waals surface area (Å²) in [6, 6.07) is 7.09. The molecule has 1 atom stereocenters. The van der Waals surface area contributed by atoms with Crippen LogP contribution in [0.3, 0.4) is 0 Å². The second kappa shape index (κ2) is 9.85. The smallest absolute Gasteiger partial charge is 0.410 e. The van der Waals surface area contributed by atoms with Crippen LogP contribution in [-0.4, -0.2) is 50.1 Å². The number of amides is 2. The van der Waals surface area contributed by atoms with E-state index in [0.29, 0.717) is 35.1 Å². The normalized spacial score (nSPS) is 16.7. The zero-order chi connectivity index (χ0) is 25.3. The van der Waals surface area contributed by atoms with Crippen molar-refractivity contribution in [3.8, 4) is 0 Å². The van der Waals surface area contributed by atoms with Crippen LogP contribution < -0.4 is 5.32 Å². The Labute approximate surface area is 210 Å². The number of ether oxygens (including phenoxy) is 1. The van der Waals surface area contributed by atoms with E-state index in [1.165, 1.54) is 0 Å². The number of hydrogen-bond donors (Lipinski definition) is 1. The molecule has 0 spiro atoms. The molecule has 2 aromatic heterocycles. The fourth-order valence-electron chi connectivity index (χ4n) is 4.38. The predicted molar refractivity (Wildman–Crippen MR) is 137 cm³/mol. The maximum atomic E-state index is 13.1. The average molecular weight is 498 g/mol. The molecule has 0 aliphatic carbocycles. The van der Waals surface area contributed by atoms with Crippen molar-refractivity contribution in [2.75, 3.05) is 18.4 Å². The topological polar surface area (TPSA) is 89.4 Å². The average Bonchev–Trinajstić information content (AvgIpc) is 2.96. The molecule has 1 aliphatic rings. The van der Waals surface area contributed by atoms with Gasteiger partial charge in [-0.1, -0.05) is 17.7 Å². The van der Waals surface area contributed by atoms with E-state index < -0.39 is 5.60 Å². The fourth-order valence-corrected chi connectivity index (χ4v) is 4.63. The Balaban J connectivity index is 1.75. The van der Waals surface area contributed by atoms with Gasteiger partial charge in [-0.05, 0) is 77.6 Å². The number of carbonyl (C=O) groups is 2. The number of hydrogen-bond acceptors (Lipinski definition) is 5. The van der Waals surface area contributed by atoms with Crippen LogP contribution in [-0.2, 0) is 4.74 Å². The highest BCUT2D eigenvalue weighted by atomic mass is 35.5. The minimum Gasteiger partial charge on any atom is -0.444 e. The van der Waals surface area contributed by atoms with E-state index >= 15 is 0 Å². The summed E-state index contributed by atoms with van der Waals surface area (Å²) in [7, 11) is 0. The Morgan fingerprint density at radius 3 is 2.66 bits per heavy atom. The van der Waals surface area contributed by atoms with Crippen LogP contribution in [0.4, 0.5) is 10.7 Å². The molecule has 1 saturated heterocycles. The summed E-state index contributed by atoms with van der Waals surface area (Å²) in [5.41, 5.74) is 3.03. The molecule has 9 heteroatoms. The van der Waals surface area contributed by atoms with Gasteiger partial charge in [0.25, 0.3) is 5.91 Å². The highest BCUT2D eigenvalue weighted by Gasteiger charge is 2.30. The van der Waals surface area contributed by atoms with Crippen molar-refractivity contribution < 1.29 is 14.3 Å². The highest BCUT2D eigenvalue weighted by molar-refractivity contribution is 6.35. The zero-order valence-corrected chi connectivity index (χ0v) is 21.6. The van der Waals surface area contributed by atoms with E-state index in [-0.39, 0.29) is 18.0 Å². The van der Waals surface area contributed by atoms with Crippen molar-refractivity contribution in [3.05, 3.63) is 52.3 Å². The van der Waals surface area contributed by atoms with Gasteiger partial charge in [-0.3, -0.25) is 15.1 Å². The summed E-state index contributed by atoms with van der Waals surface area (Å²) in [4.78, 5) is 36.7.